The van der Waals surface area contributed by atoms with Gasteiger partial charge in [0.2, 0.25) is 5.95 Å². The van der Waals surface area contributed by atoms with Crippen molar-refractivity contribution in [1.29, 1.82) is 0 Å². The molecule has 0 saturated carbocycles. The van der Waals surface area contributed by atoms with Gasteiger partial charge >= 0.3 is 0 Å². The number of anilines is 1. The number of benzene rings is 1. The van der Waals surface area contributed by atoms with Crippen molar-refractivity contribution in [3.63, 3.8) is 0 Å². The number of rotatable bonds is 4. The molecule has 0 fully saturated rings. The summed E-state index contributed by atoms with van der Waals surface area (Å²) in [7, 11) is 0. The maximum atomic E-state index is 12.0. The van der Waals surface area contributed by atoms with E-state index in [0.717, 1.165) is 5.56 Å². The van der Waals surface area contributed by atoms with Crippen LogP contribution in [0.3, 0.4) is 0 Å². The van der Waals surface area contributed by atoms with Crippen molar-refractivity contribution >= 4 is 12.2 Å². The molecule has 2 N–H and O–H groups in total. The van der Waals surface area contributed by atoms with Crippen molar-refractivity contribution in [3.8, 4) is 11.3 Å². The van der Waals surface area contributed by atoms with Crippen molar-refractivity contribution in [1.82, 2.24) is 20.2 Å². The first-order valence-electron chi connectivity index (χ1n) is 6.54. The summed E-state index contributed by atoms with van der Waals surface area (Å²) in [5, 5.41) is 11.8. The number of aromatic nitrogens is 4. The SMILES string of the molecule is O=c1[nH]c(NN=Cc2ccncc2)nnc1-c1ccccc1. The Morgan fingerprint density at radius 3 is 2.55 bits per heavy atom. The molecule has 0 unspecified atom stereocenters. The summed E-state index contributed by atoms with van der Waals surface area (Å²) in [6, 6.07) is 12.7. The first-order chi connectivity index (χ1) is 10.8. The summed E-state index contributed by atoms with van der Waals surface area (Å²) >= 11 is 0. The molecule has 7 nitrogen and oxygen atoms in total. The normalized spacial score (nSPS) is 10.7. The zero-order valence-electron chi connectivity index (χ0n) is 11.5. The number of nitrogens with zero attached hydrogens (tertiary/aromatic N) is 4. The van der Waals surface area contributed by atoms with E-state index >= 15 is 0 Å². The van der Waals surface area contributed by atoms with Gasteiger partial charge in [-0.3, -0.25) is 14.8 Å². The molecule has 0 aliphatic rings. The van der Waals surface area contributed by atoms with E-state index in [0.29, 0.717) is 5.56 Å². The molecule has 0 bridgehead atoms. The highest BCUT2D eigenvalue weighted by Crippen LogP contribution is 2.10. The third-order valence-corrected chi connectivity index (χ3v) is 2.83. The largest absolute Gasteiger partial charge is 0.288 e. The molecular formula is C15H12N6O. The zero-order chi connectivity index (χ0) is 15.2. The average Bonchev–Trinajstić information content (AvgIpc) is 2.57. The van der Waals surface area contributed by atoms with E-state index in [1.54, 1.807) is 42.9 Å². The van der Waals surface area contributed by atoms with Crippen LogP contribution in [0.1, 0.15) is 5.56 Å². The third kappa shape index (κ3) is 3.21. The Morgan fingerprint density at radius 1 is 1.05 bits per heavy atom. The van der Waals surface area contributed by atoms with E-state index in [2.05, 4.69) is 30.7 Å². The van der Waals surface area contributed by atoms with Crippen molar-refractivity contribution < 1.29 is 0 Å². The minimum atomic E-state index is -0.331. The topological polar surface area (TPSA) is 95.9 Å². The van der Waals surface area contributed by atoms with Crippen LogP contribution in [0.4, 0.5) is 5.95 Å². The van der Waals surface area contributed by atoms with Crippen LogP contribution in [-0.4, -0.2) is 26.4 Å². The first-order valence-corrected chi connectivity index (χ1v) is 6.54. The van der Waals surface area contributed by atoms with Gasteiger partial charge in [0.25, 0.3) is 5.56 Å². The molecule has 2 aromatic heterocycles. The fourth-order valence-electron chi connectivity index (χ4n) is 1.79. The lowest BCUT2D eigenvalue weighted by molar-refractivity contribution is 0.947. The highest BCUT2D eigenvalue weighted by Gasteiger charge is 2.06. The lowest BCUT2D eigenvalue weighted by Crippen LogP contribution is -2.15. The molecule has 2 heterocycles. The van der Waals surface area contributed by atoms with Crippen LogP contribution in [0.15, 0.2) is 64.8 Å². The molecule has 0 aliphatic carbocycles. The Balaban J connectivity index is 1.76. The predicted molar refractivity (Wildman–Crippen MR) is 83.5 cm³/mol. The van der Waals surface area contributed by atoms with Crippen molar-refractivity contribution in [2.45, 2.75) is 0 Å². The minimum Gasteiger partial charge on any atom is -0.288 e. The van der Waals surface area contributed by atoms with Gasteiger partial charge in [0.05, 0.1) is 6.21 Å². The number of H-pyrrole nitrogens is 1. The number of aromatic amines is 1. The Labute approximate surface area is 125 Å². The van der Waals surface area contributed by atoms with Gasteiger partial charge in [-0.25, -0.2) is 5.43 Å². The number of nitrogens with one attached hydrogen (secondary N) is 2. The van der Waals surface area contributed by atoms with E-state index in [9.17, 15) is 4.79 Å². The maximum Gasteiger partial charge on any atom is 0.279 e. The van der Waals surface area contributed by atoms with Gasteiger partial charge in [-0.05, 0) is 17.7 Å². The number of pyridine rings is 1. The molecule has 0 radical (unpaired) electrons. The van der Waals surface area contributed by atoms with E-state index in [-0.39, 0.29) is 17.2 Å². The molecule has 0 spiro atoms. The molecule has 3 rings (SSSR count). The second kappa shape index (κ2) is 6.40. The summed E-state index contributed by atoms with van der Waals surface area (Å²) in [6.45, 7) is 0. The van der Waals surface area contributed by atoms with E-state index < -0.39 is 0 Å². The van der Waals surface area contributed by atoms with Gasteiger partial charge < -0.3 is 0 Å². The third-order valence-electron chi connectivity index (χ3n) is 2.83. The quantitative estimate of drug-likeness (QED) is 0.563. The predicted octanol–water partition coefficient (Wildman–Crippen LogP) is 1.67. The Hall–Kier alpha value is -3.35. The molecular weight excluding hydrogens is 280 g/mol. The Kier molecular flexibility index (Phi) is 3.96. The van der Waals surface area contributed by atoms with Crippen LogP contribution in [0.25, 0.3) is 11.3 Å². The van der Waals surface area contributed by atoms with Gasteiger partial charge in [0, 0.05) is 18.0 Å². The molecule has 0 aliphatic heterocycles. The van der Waals surface area contributed by atoms with Crippen LogP contribution in [0, 0.1) is 0 Å². The average molecular weight is 292 g/mol. The summed E-state index contributed by atoms with van der Waals surface area (Å²) in [5.41, 5.74) is 4.15. The van der Waals surface area contributed by atoms with Crippen LogP contribution in [0.5, 0.6) is 0 Å². The van der Waals surface area contributed by atoms with Crippen molar-refractivity contribution in [3.05, 3.63) is 70.8 Å². The number of hydrogen-bond donors (Lipinski definition) is 2. The van der Waals surface area contributed by atoms with Gasteiger partial charge in [-0.2, -0.15) is 5.10 Å². The molecule has 108 valence electrons. The standard InChI is InChI=1S/C15H12N6O/c22-14-13(12-4-2-1-3-5-12)19-21-15(18-14)20-17-10-11-6-8-16-9-7-11/h1-10H,(H2,18,20,21,22). The zero-order valence-corrected chi connectivity index (χ0v) is 11.5. The highest BCUT2D eigenvalue weighted by molar-refractivity contribution is 5.79. The van der Waals surface area contributed by atoms with Crippen LogP contribution in [0.2, 0.25) is 0 Å². The maximum absolute atomic E-state index is 12.0. The molecule has 7 heteroatoms. The van der Waals surface area contributed by atoms with Gasteiger partial charge in [0.15, 0.2) is 5.69 Å². The minimum absolute atomic E-state index is 0.176. The monoisotopic (exact) mass is 292 g/mol. The van der Waals surface area contributed by atoms with Crippen LogP contribution in [-0.2, 0) is 0 Å². The smallest absolute Gasteiger partial charge is 0.279 e. The molecule has 0 amide bonds. The van der Waals surface area contributed by atoms with Gasteiger partial charge in [0.1, 0.15) is 0 Å². The lowest BCUT2D eigenvalue weighted by atomic mass is 10.2. The fourth-order valence-corrected chi connectivity index (χ4v) is 1.79. The number of hydrazone groups is 1. The Morgan fingerprint density at radius 2 is 1.82 bits per heavy atom. The molecule has 22 heavy (non-hydrogen) atoms. The molecule has 1 aromatic carbocycles. The second-order valence-corrected chi connectivity index (χ2v) is 4.37. The van der Waals surface area contributed by atoms with Crippen molar-refractivity contribution in [2.24, 2.45) is 5.10 Å². The van der Waals surface area contributed by atoms with Crippen LogP contribution >= 0.6 is 0 Å². The second-order valence-electron chi connectivity index (χ2n) is 4.37. The van der Waals surface area contributed by atoms with Gasteiger partial charge in [-0.1, -0.05) is 30.3 Å². The van der Waals surface area contributed by atoms with E-state index in [1.807, 2.05) is 18.2 Å². The summed E-state index contributed by atoms with van der Waals surface area (Å²) in [5.74, 6) is 0.176. The lowest BCUT2D eigenvalue weighted by Gasteiger charge is -2.01. The number of hydrogen-bond acceptors (Lipinski definition) is 6. The van der Waals surface area contributed by atoms with Gasteiger partial charge in [-0.15, -0.1) is 10.2 Å². The van der Waals surface area contributed by atoms with Crippen LogP contribution < -0.4 is 11.0 Å². The van der Waals surface area contributed by atoms with E-state index in [1.165, 1.54) is 0 Å². The summed E-state index contributed by atoms with van der Waals surface area (Å²) in [4.78, 5) is 18.5. The fraction of sp³-hybridized carbons (Fsp3) is 0. The highest BCUT2D eigenvalue weighted by atomic mass is 16.1. The van der Waals surface area contributed by atoms with Crippen molar-refractivity contribution in [2.75, 3.05) is 5.43 Å². The molecule has 0 saturated heterocycles. The molecule has 3 aromatic rings. The summed E-state index contributed by atoms with van der Waals surface area (Å²) < 4.78 is 0. The summed E-state index contributed by atoms with van der Waals surface area (Å²) in [6.07, 6.45) is 4.92. The molecule has 0 atom stereocenters. The first kappa shape index (κ1) is 13.6. The Bertz CT molecular complexity index is 829. The van der Waals surface area contributed by atoms with E-state index in [4.69, 9.17) is 0 Å².